The van der Waals surface area contributed by atoms with Crippen molar-refractivity contribution < 1.29 is 14.3 Å². The largest absolute Gasteiger partial charge is 0.452 e. The summed E-state index contributed by atoms with van der Waals surface area (Å²) in [5.41, 5.74) is 2.47. The summed E-state index contributed by atoms with van der Waals surface area (Å²) in [7, 11) is 0. The third kappa shape index (κ3) is 6.61. The minimum atomic E-state index is -0.589. The molecule has 1 saturated heterocycles. The van der Waals surface area contributed by atoms with E-state index in [9.17, 15) is 9.59 Å². The van der Waals surface area contributed by atoms with Crippen LogP contribution < -0.4 is 10.2 Å². The fourth-order valence-corrected chi connectivity index (χ4v) is 3.31. The van der Waals surface area contributed by atoms with E-state index >= 15 is 0 Å². The van der Waals surface area contributed by atoms with E-state index in [1.807, 2.05) is 12.1 Å². The number of hydrogen-bond donors (Lipinski definition) is 1. The maximum atomic E-state index is 11.9. The number of carbonyl (C=O) groups excluding carboxylic acids is 2. The lowest BCUT2D eigenvalue weighted by molar-refractivity contribution is -0.142. The first kappa shape index (κ1) is 20.9. The van der Waals surface area contributed by atoms with Crippen LogP contribution in [0.4, 0.5) is 11.4 Å². The predicted molar refractivity (Wildman–Crippen MR) is 115 cm³/mol. The van der Waals surface area contributed by atoms with Crippen LogP contribution in [0.2, 0.25) is 5.15 Å². The summed E-state index contributed by atoms with van der Waals surface area (Å²) in [5.74, 6) is -1.07. The minimum Gasteiger partial charge on any atom is -0.452 e. The van der Waals surface area contributed by atoms with Gasteiger partial charge in [-0.15, -0.1) is 0 Å². The second-order valence-corrected chi connectivity index (χ2v) is 7.18. The maximum absolute atomic E-state index is 11.9. The summed E-state index contributed by atoms with van der Waals surface area (Å²) in [4.78, 5) is 30.0. The fourth-order valence-electron chi connectivity index (χ4n) is 3.14. The average Bonchev–Trinajstić information content (AvgIpc) is 3.02. The van der Waals surface area contributed by atoms with Crippen LogP contribution in [0.1, 0.15) is 31.2 Å². The van der Waals surface area contributed by atoms with E-state index in [2.05, 4.69) is 27.3 Å². The number of nitrogens with zero attached hydrogens (tertiary/aromatic N) is 2. The number of benzene rings is 1. The predicted octanol–water partition coefficient (Wildman–Crippen LogP) is 4.31. The van der Waals surface area contributed by atoms with Gasteiger partial charge >= 0.3 is 5.97 Å². The molecule has 0 spiro atoms. The molecule has 6 nitrogen and oxygen atoms in total. The van der Waals surface area contributed by atoms with E-state index < -0.39 is 18.5 Å². The molecule has 2 heterocycles. The fraction of sp³-hybridized carbons (Fsp3) is 0.318. The minimum absolute atomic E-state index is 0.177. The van der Waals surface area contributed by atoms with Crippen LogP contribution in [0.25, 0.3) is 6.08 Å². The molecule has 29 heavy (non-hydrogen) atoms. The van der Waals surface area contributed by atoms with Crippen LogP contribution in [-0.4, -0.2) is 36.6 Å². The quantitative estimate of drug-likeness (QED) is 0.434. The third-order valence-corrected chi connectivity index (χ3v) is 4.96. The van der Waals surface area contributed by atoms with Gasteiger partial charge in [0.15, 0.2) is 11.8 Å². The highest BCUT2D eigenvalue weighted by atomic mass is 35.5. The Morgan fingerprint density at radius 2 is 1.83 bits per heavy atom. The topological polar surface area (TPSA) is 71.5 Å². The molecule has 1 aromatic heterocycles. The molecule has 3 rings (SSSR count). The summed E-state index contributed by atoms with van der Waals surface area (Å²) in [6.07, 6.45) is 9.56. The lowest BCUT2D eigenvalue weighted by atomic mass is 10.1. The van der Waals surface area contributed by atoms with Gasteiger partial charge in [-0.05, 0) is 48.7 Å². The molecule has 0 saturated carbocycles. The van der Waals surface area contributed by atoms with Crippen LogP contribution >= 0.6 is 11.6 Å². The normalized spacial score (nSPS) is 14.4. The Morgan fingerprint density at radius 3 is 2.52 bits per heavy atom. The SMILES string of the molecule is O=C(COC(=O)/C=C/c1ccc(N2CCCCCC2)cc1)Nc1cccnc1Cl. The molecule has 0 atom stereocenters. The zero-order valence-corrected chi connectivity index (χ0v) is 16.9. The number of ether oxygens (including phenoxy) is 1. The van der Waals surface area contributed by atoms with Crippen molar-refractivity contribution in [1.82, 2.24) is 4.98 Å². The first-order valence-electron chi connectivity index (χ1n) is 9.72. The number of aromatic nitrogens is 1. The van der Waals surface area contributed by atoms with Gasteiger partial charge in [-0.2, -0.15) is 0 Å². The molecule has 1 aliphatic heterocycles. The van der Waals surface area contributed by atoms with Gasteiger partial charge in [-0.3, -0.25) is 4.79 Å². The van der Waals surface area contributed by atoms with E-state index in [0.717, 1.165) is 18.7 Å². The standard InChI is InChI=1S/C22H24ClN3O3/c23-22-19(6-5-13-24-22)25-20(27)16-29-21(28)12-9-17-7-10-18(11-8-17)26-14-3-1-2-4-15-26/h5-13H,1-4,14-16H2,(H,25,27)/b12-9+. The Bertz CT molecular complexity index is 860. The number of anilines is 2. The molecule has 1 fully saturated rings. The number of esters is 1. The third-order valence-electron chi connectivity index (χ3n) is 4.65. The zero-order chi connectivity index (χ0) is 20.5. The van der Waals surface area contributed by atoms with E-state index in [-0.39, 0.29) is 5.15 Å². The molecule has 1 aromatic carbocycles. The molecule has 2 aromatic rings. The second kappa shape index (κ2) is 10.6. The summed E-state index contributed by atoms with van der Waals surface area (Å²) in [6.45, 7) is 1.78. The number of rotatable bonds is 6. The first-order valence-corrected chi connectivity index (χ1v) is 10.1. The number of pyridine rings is 1. The van der Waals surface area contributed by atoms with Crippen molar-refractivity contribution in [2.75, 3.05) is 29.9 Å². The molecule has 152 valence electrons. The summed E-state index contributed by atoms with van der Waals surface area (Å²) < 4.78 is 4.96. The van der Waals surface area contributed by atoms with Gasteiger partial charge in [0.05, 0.1) is 5.69 Å². The van der Waals surface area contributed by atoms with Gasteiger partial charge in [0, 0.05) is 31.0 Å². The molecule has 0 radical (unpaired) electrons. The monoisotopic (exact) mass is 413 g/mol. The molecule has 0 bridgehead atoms. The Labute approximate surface area is 175 Å². The van der Waals surface area contributed by atoms with Gasteiger partial charge in [-0.1, -0.05) is 36.6 Å². The highest BCUT2D eigenvalue weighted by Gasteiger charge is 2.10. The molecule has 7 heteroatoms. The van der Waals surface area contributed by atoms with Crippen molar-refractivity contribution in [2.24, 2.45) is 0 Å². The zero-order valence-electron chi connectivity index (χ0n) is 16.1. The number of halogens is 1. The molecule has 1 aliphatic rings. The highest BCUT2D eigenvalue weighted by molar-refractivity contribution is 6.32. The summed E-state index contributed by atoms with van der Waals surface area (Å²) in [5, 5.41) is 2.72. The van der Waals surface area contributed by atoms with Crippen molar-refractivity contribution in [1.29, 1.82) is 0 Å². The molecule has 1 N–H and O–H groups in total. The van der Waals surface area contributed by atoms with E-state index in [4.69, 9.17) is 16.3 Å². The van der Waals surface area contributed by atoms with Crippen LogP contribution in [-0.2, 0) is 14.3 Å². The molecular formula is C22H24ClN3O3. The smallest absolute Gasteiger partial charge is 0.331 e. The number of amides is 1. The van der Waals surface area contributed by atoms with Crippen molar-refractivity contribution in [2.45, 2.75) is 25.7 Å². The van der Waals surface area contributed by atoms with E-state index in [1.165, 1.54) is 43.6 Å². The van der Waals surface area contributed by atoms with Gasteiger partial charge in [0.2, 0.25) is 0 Å². The Balaban J connectivity index is 1.46. The number of carbonyl (C=O) groups is 2. The van der Waals surface area contributed by atoms with Gasteiger partial charge in [0.25, 0.3) is 5.91 Å². The maximum Gasteiger partial charge on any atom is 0.331 e. The summed E-state index contributed by atoms with van der Waals surface area (Å²) >= 11 is 5.87. The molecular weight excluding hydrogens is 390 g/mol. The summed E-state index contributed by atoms with van der Waals surface area (Å²) in [6, 6.07) is 11.4. The van der Waals surface area contributed by atoms with Crippen LogP contribution in [0.15, 0.2) is 48.7 Å². The van der Waals surface area contributed by atoms with E-state index in [0.29, 0.717) is 5.69 Å². The van der Waals surface area contributed by atoms with Gasteiger partial charge in [0.1, 0.15) is 0 Å². The Morgan fingerprint density at radius 1 is 1.10 bits per heavy atom. The average molecular weight is 414 g/mol. The molecule has 0 aliphatic carbocycles. The number of nitrogens with one attached hydrogen (secondary N) is 1. The second-order valence-electron chi connectivity index (χ2n) is 6.82. The Hall–Kier alpha value is -2.86. The van der Waals surface area contributed by atoms with E-state index in [1.54, 1.807) is 18.2 Å². The van der Waals surface area contributed by atoms with Crippen LogP contribution in [0.3, 0.4) is 0 Å². The Kier molecular flexibility index (Phi) is 7.64. The van der Waals surface area contributed by atoms with Gasteiger partial charge < -0.3 is 15.0 Å². The van der Waals surface area contributed by atoms with Crippen molar-refractivity contribution in [3.8, 4) is 0 Å². The van der Waals surface area contributed by atoms with Crippen LogP contribution in [0.5, 0.6) is 0 Å². The first-order chi connectivity index (χ1) is 14.1. The highest BCUT2D eigenvalue weighted by Crippen LogP contribution is 2.20. The van der Waals surface area contributed by atoms with Crippen molar-refractivity contribution in [3.05, 3.63) is 59.4 Å². The molecule has 0 unspecified atom stereocenters. The number of hydrogen-bond acceptors (Lipinski definition) is 5. The lowest BCUT2D eigenvalue weighted by Crippen LogP contribution is -2.23. The lowest BCUT2D eigenvalue weighted by Gasteiger charge is -2.22. The molecule has 1 amide bonds. The van der Waals surface area contributed by atoms with Crippen LogP contribution in [0, 0.1) is 0 Å². The van der Waals surface area contributed by atoms with Gasteiger partial charge in [-0.25, -0.2) is 9.78 Å². The van der Waals surface area contributed by atoms with Crippen molar-refractivity contribution >= 4 is 40.9 Å². The van der Waals surface area contributed by atoms with Crippen molar-refractivity contribution in [3.63, 3.8) is 0 Å².